The number of aryl methyl sites for hydroxylation is 1. The van der Waals surface area contributed by atoms with Crippen LogP contribution in [-0.4, -0.2) is 32.4 Å². The molecular weight excluding hydrogens is 446 g/mol. The van der Waals surface area contributed by atoms with Crippen molar-refractivity contribution in [3.05, 3.63) is 107 Å². The molecule has 1 N–H and O–H groups in total. The molecular formula is C28H28ClN3O2. The van der Waals surface area contributed by atoms with Crippen molar-refractivity contribution in [2.24, 2.45) is 0 Å². The second-order valence-corrected chi connectivity index (χ2v) is 9.20. The van der Waals surface area contributed by atoms with E-state index in [9.17, 15) is 5.11 Å². The average Bonchev–Trinajstić information content (AvgIpc) is 3.66. The fourth-order valence-corrected chi connectivity index (χ4v) is 4.38. The Kier molecular flexibility index (Phi) is 6.68. The van der Waals surface area contributed by atoms with Crippen molar-refractivity contribution in [3.63, 3.8) is 0 Å². The Morgan fingerprint density at radius 3 is 2.41 bits per heavy atom. The van der Waals surface area contributed by atoms with E-state index >= 15 is 0 Å². The van der Waals surface area contributed by atoms with Gasteiger partial charge in [0, 0.05) is 24.2 Å². The van der Waals surface area contributed by atoms with E-state index in [1.165, 1.54) is 0 Å². The molecule has 0 radical (unpaired) electrons. The number of aliphatic hydroxyl groups excluding tert-OH is 1. The van der Waals surface area contributed by atoms with E-state index in [1.54, 1.807) is 0 Å². The SMILES string of the molecule is Cc1nn(-c2cccc(Cl)c2)c(Oc2ccccc2)c1CN(CC(O)c1ccccc1)C1CC1. The lowest BCUT2D eigenvalue weighted by molar-refractivity contribution is 0.104. The molecule has 1 unspecified atom stereocenters. The average molecular weight is 474 g/mol. The van der Waals surface area contributed by atoms with Crippen LogP contribution in [0.25, 0.3) is 5.69 Å². The summed E-state index contributed by atoms with van der Waals surface area (Å²) in [5.74, 6) is 1.42. The van der Waals surface area contributed by atoms with E-state index in [0.717, 1.165) is 41.1 Å². The molecule has 0 saturated heterocycles. The summed E-state index contributed by atoms with van der Waals surface area (Å²) in [6.45, 7) is 3.21. The molecule has 174 valence electrons. The normalized spacial score (nSPS) is 14.4. The van der Waals surface area contributed by atoms with E-state index in [4.69, 9.17) is 21.4 Å². The quantitative estimate of drug-likeness (QED) is 0.309. The Balaban J connectivity index is 1.49. The molecule has 1 heterocycles. The van der Waals surface area contributed by atoms with Crippen LogP contribution < -0.4 is 4.74 Å². The van der Waals surface area contributed by atoms with E-state index in [0.29, 0.717) is 30.0 Å². The highest BCUT2D eigenvalue weighted by atomic mass is 35.5. The fourth-order valence-electron chi connectivity index (χ4n) is 4.20. The largest absolute Gasteiger partial charge is 0.439 e. The fraction of sp³-hybridized carbons (Fsp3) is 0.250. The number of nitrogens with zero attached hydrogens (tertiary/aromatic N) is 3. The number of halogens is 1. The van der Waals surface area contributed by atoms with E-state index in [1.807, 2.05) is 96.5 Å². The minimum absolute atomic E-state index is 0.455. The topological polar surface area (TPSA) is 50.5 Å². The summed E-state index contributed by atoms with van der Waals surface area (Å²) in [5, 5.41) is 16.4. The van der Waals surface area contributed by atoms with Gasteiger partial charge in [-0.25, -0.2) is 4.68 Å². The van der Waals surface area contributed by atoms with Crippen LogP contribution in [0.1, 0.15) is 35.8 Å². The molecule has 0 spiro atoms. The molecule has 0 aliphatic heterocycles. The summed E-state index contributed by atoms with van der Waals surface area (Å²) in [6, 6.07) is 27.7. The first-order valence-electron chi connectivity index (χ1n) is 11.6. The third kappa shape index (κ3) is 5.17. The van der Waals surface area contributed by atoms with Crippen LogP contribution >= 0.6 is 11.6 Å². The Morgan fingerprint density at radius 2 is 1.74 bits per heavy atom. The van der Waals surface area contributed by atoms with E-state index < -0.39 is 6.10 Å². The lowest BCUT2D eigenvalue weighted by Gasteiger charge is -2.25. The molecule has 5 nitrogen and oxygen atoms in total. The number of para-hydroxylation sites is 1. The Bertz CT molecular complexity index is 1240. The number of benzene rings is 3. The third-order valence-electron chi connectivity index (χ3n) is 6.16. The molecule has 0 amide bonds. The second-order valence-electron chi connectivity index (χ2n) is 8.76. The molecule has 4 aromatic rings. The molecule has 1 atom stereocenters. The van der Waals surface area contributed by atoms with Gasteiger partial charge in [0.2, 0.25) is 5.88 Å². The third-order valence-corrected chi connectivity index (χ3v) is 6.40. The van der Waals surface area contributed by atoms with Gasteiger partial charge in [0.1, 0.15) is 5.75 Å². The van der Waals surface area contributed by atoms with Gasteiger partial charge in [0.05, 0.1) is 23.0 Å². The zero-order valence-corrected chi connectivity index (χ0v) is 19.9. The van der Waals surface area contributed by atoms with Crippen LogP contribution in [0.15, 0.2) is 84.9 Å². The van der Waals surface area contributed by atoms with Crippen molar-refractivity contribution >= 4 is 11.6 Å². The molecule has 1 aliphatic rings. The molecule has 6 heteroatoms. The number of hydrogen-bond acceptors (Lipinski definition) is 4. The van der Waals surface area contributed by atoms with Gasteiger partial charge >= 0.3 is 0 Å². The number of aromatic nitrogens is 2. The number of ether oxygens (including phenoxy) is 1. The lowest BCUT2D eigenvalue weighted by atomic mass is 10.1. The van der Waals surface area contributed by atoms with Gasteiger partial charge in [0.15, 0.2) is 0 Å². The minimum Gasteiger partial charge on any atom is -0.439 e. The van der Waals surface area contributed by atoms with Crippen molar-refractivity contribution in [1.82, 2.24) is 14.7 Å². The van der Waals surface area contributed by atoms with Gasteiger partial charge in [-0.2, -0.15) is 5.10 Å². The first-order valence-corrected chi connectivity index (χ1v) is 12.0. The van der Waals surface area contributed by atoms with Crippen LogP contribution in [0.2, 0.25) is 5.02 Å². The van der Waals surface area contributed by atoms with Crippen LogP contribution in [0.5, 0.6) is 11.6 Å². The van der Waals surface area contributed by atoms with Crippen LogP contribution in [0.4, 0.5) is 0 Å². The first kappa shape index (κ1) is 22.7. The molecule has 1 aromatic heterocycles. The van der Waals surface area contributed by atoms with Crippen molar-refractivity contribution in [2.75, 3.05) is 6.54 Å². The molecule has 0 bridgehead atoms. The highest BCUT2D eigenvalue weighted by Crippen LogP contribution is 2.36. The summed E-state index contributed by atoms with van der Waals surface area (Å²) >= 11 is 6.29. The van der Waals surface area contributed by atoms with Gasteiger partial charge < -0.3 is 9.84 Å². The standard InChI is InChI=1S/C28H28ClN3O2/c1-20-26(18-31(23-15-16-23)19-27(33)21-9-4-2-5-10-21)28(34-25-13-6-3-7-14-25)32(30-20)24-12-8-11-22(29)17-24/h2-14,17,23,27,33H,15-16,18-19H2,1H3. The molecule has 1 saturated carbocycles. The Hall–Kier alpha value is -3.12. The van der Waals surface area contributed by atoms with Crippen LogP contribution in [-0.2, 0) is 6.54 Å². The predicted molar refractivity (Wildman–Crippen MR) is 135 cm³/mol. The molecule has 1 fully saturated rings. The van der Waals surface area contributed by atoms with Crippen molar-refractivity contribution < 1.29 is 9.84 Å². The summed E-state index contributed by atoms with van der Waals surface area (Å²) in [4.78, 5) is 2.35. The molecule has 5 rings (SSSR count). The predicted octanol–water partition coefficient (Wildman–Crippen LogP) is 6.32. The Morgan fingerprint density at radius 1 is 1.03 bits per heavy atom. The zero-order valence-electron chi connectivity index (χ0n) is 19.1. The Labute approximate surface area is 205 Å². The smallest absolute Gasteiger partial charge is 0.227 e. The number of hydrogen-bond donors (Lipinski definition) is 1. The van der Waals surface area contributed by atoms with Crippen LogP contribution in [0, 0.1) is 6.92 Å². The maximum absolute atomic E-state index is 10.9. The van der Waals surface area contributed by atoms with Crippen molar-refractivity contribution in [3.8, 4) is 17.3 Å². The monoisotopic (exact) mass is 473 g/mol. The summed E-state index contributed by atoms with van der Waals surface area (Å²) < 4.78 is 8.24. The van der Waals surface area contributed by atoms with Gasteiger partial charge in [-0.15, -0.1) is 0 Å². The van der Waals surface area contributed by atoms with Gasteiger partial charge in [-0.3, -0.25) is 4.90 Å². The first-order chi connectivity index (χ1) is 16.6. The van der Waals surface area contributed by atoms with Gasteiger partial charge in [-0.1, -0.05) is 66.2 Å². The summed E-state index contributed by atoms with van der Waals surface area (Å²) in [6.07, 6.45) is 1.72. The van der Waals surface area contributed by atoms with E-state index in [2.05, 4.69) is 4.90 Å². The van der Waals surface area contributed by atoms with Crippen LogP contribution in [0.3, 0.4) is 0 Å². The molecule has 3 aromatic carbocycles. The number of rotatable bonds is 9. The maximum Gasteiger partial charge on any atom is 0.227 e. The summed E-state index contributed by atoms with van der Waals surface area (Å²) in [5.41, 5.74) is 3.68. The highest BCUT2D eigenvalue weighted by Gasteiger charge is 2.33. The zero-order chi connectivity index (χ0) is 23.5. The van der Waals surface area contributed by atoms with Gasteiger partial charge in [0.25, 0.3) is 0 Å². The maximum atomic E-state index is 10.9. The minimum atomic E-state index is -0.552. The van der Waals surface area contributed by atoms with Gasteiger partial charge in [-0.05, 0) is 55.7 Å². The second kappa shape index (κ2) is 10.0. The lowest BCUT2D eigenvalue weighted by Crippen LogP contribution is -2.30. The molecule has 1 aliphatic carbocycles. The molecule has 34 heavy (non-hydrogen) atoms. The van der Waals surface area contributed by atoms with Crippen molar-refractivity contribution in [2.45, 2.75) is 38.5 Å². The van der Waals surface area contributed by atoms with Crippen molar-refractivity contribution in [1.29, 1.82) is 0 Å². The highest BCUT2D eigenvalue weighted by molar-refractivity contribution is 6.30. The number of aliphatic hydroxyl groups is 1. The van der Waals surface area contributed by atoms with E-state index in [-0.39, 0.29) is 0 Å². The summed E-state index contributed by atoms with van der Waals surface area (Å²) in [7, 11) is 0.